The van der Waals surface area contributed by atoms with Gasteiger partial charge < -0.3 is 5.73 Å². The van der Waals surface area contributed by atoms with E-state index in [1.807, 2.05) is 0 Å². The van der Waals surface area contributed by atoms with Crippen LogP contribution in [-0.4, -0.2) is 35.4 Å². The molecule has 0 saturated heterocycles. The van der Waals surface area contributed by atoms with Crippen LogP contribution in [0.1, 0.15) is 0 Å². The molecule has 0 fully saturated rings. The number of anilines is 1. The molecular formula is C9H13BrN2O4S2. The molecule has 0 amide bonds. The minimum atomic E-state index is -3.74. The van der Waals surface area contributed by atoms with Crippen molar-refractivity contribution in [2.75, 3.05) is 24.3 Å². The molecule has 0 unspecified atom stereocenters. The van der Waals surface area contributed by atoms with Gasteiger partial charge in [-0.2, -0.15) is 0 Å². The van der Waals surface area contributed by atoms with Gasteiger partial charge >= 0.3 is 0 Å². The van der Waals surface area contributed by atoms with Gasteiger partial charge in [0.1, 0.15) is 9.84 Å². The van der Waals surface area contributed by atoms with E-state index in [1.54, 1.807) is 0 Å². The number of sulfone groups is 1. The van der Waals surface area contributed by atoms with Gasteiger partial charge in [0.2, 0.25) is 10.0 Å². The molecule has 0 atom stereocenters. The van der Waals surface area contributed by atoms with E-state index in [9.17, 15) is 16.8 Å². The van der Waals surface area contributed by atoms with Gasteiger partial charge in [-0.3, -0.25) is 0 Å². The molecule has 18 heavy (non-hydrogen) atoms. The first kappa shape index (κ1) is 15.4. The van der Waals surface area contributed by atoms with Gasteiger partial charge in [-0.1, -0.05) is 0 Å². The van der Waals surface area contributed by atoms with Crippen molar-refractivity contribution in [3.8, 4) is 0 Å². The van der Waals surface area contributed by atoms with Crippen molar-refractivity contribution in [1.29, 1.82) is 0 Å². The number of hydrogen-bond acceptors (Lipinski definition) is 5. The first-order valence-electron chi connectivity index (χ1n) is 4.84. The quantitative estimate of drug-likeness (QED) is 0.740. The molecule has 3 N–H and O–H groups in total. The molecule has 0 radical (unpaired) electrons. The fourth-order valence-corrected chi connectivity index (χ4v) is 3.05. The summed E-state index contributed by atoms with van der Waals surface area (Å²) in [6.45, 7) is -0.170. The van der Waals surface area contributed by atoms with Crippen molar-refractivity contribution < 1.29 is 16.8 Å². The van der Waals surface area contributed by atoms with Crippen molar-refractivity contribution in [2.45, 2.75) is 4.90 Å². The van der Waals surface area contributed by atoms with Gasteiger partial charge in [0.05, 0.1) is 10.6 Å². The average Bonchev–Trinajstić information content (AvgIpc) is 2.19. The van der Waals surface area contributed by atoms with Crippen LogP contribution in [0.3, 0.4) is 0 Å². The number of nitrogen functional groups attached to an aromatic ring is 1. The van der Waals surface area contributed by atoms with Crippen molar-refractivity contribution in [3.05, 3.63) is 22.7 Å². The highest BCUT2D eigenvalue weighted by Crippen LogP contribution is 2.22. The summed E-state index contributed by atoms with van der Waals surface area (Å²) < 4.78 is 48.2. The number of nitrogens with one attached hydrogen (secondary N) is 1. The summed E-state index contributed by atoms with van der Waals surface area (Å²) in [5.74, 6) is -0.252. The molecule has 1 aromatic carbocycles. The molecular weight excluding hydrogens is 344 g/mol. The van der Waals surface area contributed by atoms with Crippen LogP contribution in [0.2, 0.25) is 0 Å². The van der Waals surface area contributed by atoms with Crippen molar-refractivity contribution >= 4 is 41.5 Å². The molecule has 0 heterocycles. The maximum atomic E-state index is 11.8. The lowest BCUT2D eigenvalue weighted by molar-refractivity contribution is 0.582. The van der Waals surface area contributed by atoms with Gasteiger partial charge in [-0.05, 0) is 34.1 Å². The Balaban J connectivity index is 2.84. The van der Waals surface area contributed by atoms with Gasteiger partial charge in [0.15, 0.2) is 0 Å². The summed E-state index contributed by atoms with van der Waals surface area (Å²) in [5.41, 5.74) is 5.87. The van der Waals surface area contributed by atoms with E-state index in [0.717, 1.165) is 6.26 Å². The number of benzene rings is 1. The Labute approximate surface area is 115 Å². The molecule has 0 bridgehead atoms. The Bertz CT molecular complexity index is 641. The molecule has 0 aliphatic rings. The molecule has 0 aliphatic heterocycles. The molecule has 0 saturated carbocycles. The van der Waals surface area contributed by atoms with Crippen molar-refractivity contribution in [2.24, 2.45) is 0 Å². The zero-order valence-electron chi connectivity index (χ0n) is 9.55. The Morgan fingerprint density at radius 3 is 2.39 bits per heavy atom. The van der Waals surface area contributed by atoms with Crippen LogP contribution in [0.5, 0.6) is 0 Å². The van der Waals surface area contributed by atoms with Crippen LogP contribution in [0.15, 0.2) is 27.6 Å². The maximum absolute atomic E-state index is 11.8. The summed E-state index contributed by atoms with van der Waals surface area (Å²) in [6, 6.07) is 4.19. The number of hydrogen-bond donors (Lipinski definition) is 2. The minimum Gasteiger partial charge on any atom is -0.398 e. The predicted octanol–water partition coefficient (Wildman–Crippen LogP) is 0.354. The van der Waals surface area contributed by atoms with Gasteiger partial charge in [-0.25, -0.2) is 21.6 Å². The van der Waals surface area contributed by atoms with Crippen LogP contribution in [0.25, 0.3) is 0 Å². The highest BCUT2D eigenvalue weighted by Gasteiger charge is 2.15. The Morgan fingerprint density at radius 2 is 1.89 bits per heavy atom. The Hall–Kier alpha value is -0.640. The van der Waals surface area contributed by atoms with E-state index in [1.165, 1.54) is 18.2 Å². The lowest BCUT2D eigenvalue weighted by Gasteiger charge is -2.07. The van der Waals surface area contributed by atoms with E-state index in [-0.39, 0.29) is 17.2 Å². The summed E-state index contributed by atoms with van der Waals surface area (Å²) in [7, 11) is -6.94. The van der Waals surface area contributed by atoms with Gasteiger partial charge in [0, 0.05) is 23.0 Å². The third-order valence-corrected chi connectivity index (χ3v) is 5.17. The second kappa shape index (κ2) is 5.55. The fourth-order valence-electron chi connectivity index (χ4n) is 1.13. The summed E-state index contributed by atoms with van der Waals surface area (Å²) >= 11 is 3.16. The smallest absolute Gasteiger partial charge is 0.240 e. The van der Waals surface area contributed by atoms with Crippen LogP contribution in [0.4, 0.5) is 5.69 Å². The summed E-state index contributed by atoms with van der Waals surface area (Å²) in [6.07, 6.45) is 1.04. The van der Waals surface area contributed by atoms with Gasteiger partial charge in [-0.15, -0.1) is 0 Å². The number of nitrogens with two attached hydrogens (primary N) is 1. The fraction of sp³-hybridized carbons (Fsp3) is 0.333. The molecule has 1 aromatic rings. The normalized spacial score (nSPS) is 12.6. The van der Waals surface area contributed by atoms with E-state index < -0.39 is 19.9 Å². The standard InChI is InChI=1S/C9H13BrN2O4S2/c1-17(13,14)5-4-12-18(15,16)7-2-3-8(10)9(11)6-7/h2-3,6,12H,4-5,11H2,1H3. The second-order valence-corrected chi connectivity index (χ2v) is 8.59. The molecule has 1 rings (SSSR count). The molecule has 102 valence electrons. The zero-order chi connectivity index (χ0) is 14.0. The second-order valence-electron chi connectivity index (χ2n) is 3.71. The Kier molecular flexibility index (Phi) is 4.76. The van der Waals surface area contributed by atoms with Crippen molar-refractivity contribution in [3.63, 3.8) is 0 Å². The molecule has 6 nitrogen and oxygen atoms in total. The van der Waals surface area contributed by atoms with Crippen LogP contribution in [-0.2, 0) is 19.9 Å². The predicted molar refractivity (Wildman–Crippen MR) is 73.5 cm³/mol. The summed E-state index contributed by atoms with van der Waals surface area (Å²) in [4.78, 5) is -0.00305. The number of rotatable bonds is 5. The molecule has 0 spiro atoms. The third kappa shape index (κ3) is 4.56. The Morgan fingerprint density at radius 1 is 1.28 bits per heavy atom. The minimum absolute atomic E-state index is 0.00305. The van der Waals surface area contributed by atoms with Crippen LogP contribution in [0, 0.1) is 0 Å². The SMILES string of the molecule is CS(=O)(=O)CCNS(=O)(=O)c1ccc(Br)c(N)c1. The topological polar surface area (TPSA) is 106 Å². The first-order chi connectivity index (χ1) is 8.12. The maximum Gasteiger partial charge on any atom is 0.240 e. The largest absolute Gasteiger partial charge is 0.398 e. The molecule has 9 heteroatoms. The van der Waals surface area contributed by atoms with Crippen LogP contribution >= 0.6 is 15.9 Å². The monoisotopic (exact) mass is 356 g/mol. The highest BCUT2D eigenvalue weighted by atomic mass is 79.9. The lowest BCUT2D eigenvalue weighted by Crippen LogP contribution is -2.29. The van der Waals surface area contributed by atoms with E-state index in [0.29, 0.717) is 10.2 Å². The highest BCUT2D eigenvalue weighted by molar-refractivity contribution is 9.10. The number of sulfonamides is 1. The van der Waals surface area contributed by atoms with Gasteiger partial charge in [0.25, 0.3) is 0 Å². The summed E-state index contributed by atoms with van der Waals surface area (Å²) in [5, 5.41) is 0. The average molecular weight is 357 g/mol. The van der Waals surface area contributed by atoms with E-state index in [4.69, 9.17) is 5.73 Å². The number of halogens is 1. The molecule has 0 aromatic heterocycles. The third-order valence-electron chi connectivity index (χ3n) is 2.04. The van der Waals surface area contributed by atoms with Crippen molar-refractivity contribution in [1.82, 2.24) is 4.72 Å². The zero-order valence-corrected chi connectivity index (χ0v) is 12.8. The van der Waals surface area contributed by atoms with E-state index >= 15 is 0 Å². The van der Waals surface area contributed by atoms with Crippen LogP contribution < -0.4 is 10.5 Å². The van der Waals surface area contributed by atoms with E-state index in [2.05, 4.69) is 20.7 Å². The first-order valence-corrected chi connectivity index (χ1v) is 9.18. The lowest BCUT2D eigenvalue weighted by atomic mass is 10.3. The molecule has 0 aliphatic carbocycles.